The molecule has 1 amide bonds. The van der Waals surface area contributed by atoms with Crippen molar-refractivity contribution in [2.45, 2.75) is 38.4 Å². The lowest BCUT2D eigenvalue weighted by molar-refractivity contribution is -0.148. The number of Topliss-reactive ketones (excluding diaryl/α,β-unsaturated/α-hetero) is 2. The van der Waals surface area contributed by atoms with Crippen molar-refractivity contribution in [3.8, 4) is 0 Å². The number of hydrogen-bond acceptors (Lipinski definition) is 5. The van der Waals surface area contributed by atoms with Crippen LogP contribution in [0.2, 0.25) is 10.0 Å². The Morgan fingerprint density at radius 2 is 1.85 bits per heavy atom. The molecule has 0 saturated carbocycles. The van der Waals surface area contributed by atoms with Crippen molar-refractivity contribution < 1.29 is 29.0 Å². The average Bonchev–Trinajstić information content (AvgIpc) is 3.26. The Morgan fingerprint density at radius 1 is 1.12 bits per heavy atom. The summed E-state index contributed by atoms with van der Waals surface area (Å²) in [5, 5.41) is 13.4. The van der Waals surface area contributed by atoms with Crippen molar-refractivity contribution in [2.75, 3.05) is 6.54 Å². The van der Waals surface area contributed by atoms with E-state index in [2.05, 4.69) is 5.32 Å². The highest BCUT2D eigenvalue weighted by molar-refractivity contribution is 6.42. The maximum Gasteiger partial charge on any atom is 0.311 e. The van der Waals surface area contributed by atoms with Crippen LogP contribution in [0.4, 0.5) is 0 Å². The number of ether oxygens (including phenoxy) is 1. The average molecular weight is 504 g/mol. The second-order valence-electron chi connectivity index (χ2n) is 8.59. The number of aliphatic carboxylic acids is 1. The highest BCUT2D eigenvalue weighted by atomic mass is 35.5. The Kier molecular flexibility index (Phi) is 6.55. The minimum absolute atomic E-state index is 0.0937. The third-order valence-corrected chi connectivity index (χ3v) is 7.26. The number of benzene rings is 2. The van der Waals surface area contributed by atoms with Crippen LogP contribution in [0.1, 0.15) is 57.7 Å². The molecule has 4 unspecified atom stereocenters. The Morgan fingerprint density at radius 3 is 2.47 bits per heavy atom. The van der Waals surface area contributed by atoms with Gasteiger partial charge >= 0.3 is 5.97 Å². The summed E-state index contributed by atoms with van der Waals surface area (Å²) in [6, 6.07) is 9.26. The molecule has 178 valence electrons. The first-order valence-corrected chi connectivity index (χ1v) is 11.7. The second kappa shape index (κ2) is 9.13. The van der Waals surface area contributed by atoms with Crippen LogP contribution >= 0.6 is 23.2 Å². The second-order valence-corrected chi connectivity index (χ2v) is 9.40. The molecule has 1 fully saturated rings. The van der Waals surface area contributed by atoms with E-state index in [-0.39, 0.29) is 21.2 Å². The molecule has 4 rings (SSSR count). The number of rotatable bonds is 6. The van der Waals surface area contributed by atoms with Crippen LogP contribution in [-0.2, 0) is 14.3 Å². The number of halogens is 2. The fraction of sp³-hybridized carbons (Fsp3) is 0.360. The first-order valence-electron chi connectivity index (χ1n) is 11.0. The number of nitrogens with one attached hydrogen (secondary N) is 1. The normalized spacial score (nSPS) is 25.6. The van der Waals surface area contributed by atoms with Gasteiger partial charge in [0.2, 0.25) is 23.1 Å². The molecule has 0 bridgehead atoms. The van der Waals surface area contributed by atoms with Gasteiger partial charge in [0.25, 0.3) is 0 Å². The highest BCUT2D eigenvalue weighted by Crippen LogP contribution is 2.54. The molecule has 4 atom stereocenters. The van der Waals surface area contributed by atoms with Gasteiger partial charge < -0.3 is 15.2 Å². The first-order chi connectivity index (χ1) is 16.1. The molecule has 1 aliphatic heterocycles. The zero-order valence-electron chi connectivity index (χ0n) is 18.6. The maximum atomic E-state index is 13.7. The van der Waals surface area contributed by atoms with Crippen LogP contribution in [0.25, 0.3) is 0 Å². The van der Waals surface area contributed by atoms with Gasteiger partial charge in [-0.1, -0.05) is 60.8 Å². The molecule has 0 radical (unpaired) electrons. The predicted octanol–water partition coefficient (Wildman–Crippen LogP) is 4.42. The van der Waals surface area contributed by atoms with E-state index >= 15 is 0 Å². The lowest BCUT2D eigenvalue weighted by Crippen LogP contribution is -2.52. The summed E-state index contributed by atoms with van der Waals surface area (Å²) in [4.78, 5) is 53.3. The van der Waals surface area contributed by atoms with Crippen LogP contribution in [0.15, 0.2) is 36.4 Å². The zero-order valence-corrected chi connectivity index (χ0v) is 20.1. The van der Waals surface area contributed by atoms with E-state index in [9.17, 15) is 24.3 Å². The third-order valence-electron chi connectivity index (χ3n) is 6.53. The Bertz CT molecular complexity index is 1210. The van der Waals surface area contributed by atoms with Crippen molar-refractivity contribution in [1.29, 1.82) is 0 Å². The van der Waals surface area contributed by atoms with E-state index in [1.54, 1.807) is 25.1 Å². The van der Waals surface area contributed by atoms with Gasteiger partial charge in [0.05, 0.1) is 22.1 Å². The number of carbonyl (C=O) groups excluding carboxylic acids is 3. The van der Waals surface area contributed by atoms with Crippen molar-refractivity contribution in [2.24, 2.45) is 11.8 Å². The van der Waals surface area contributed by atoms with E-state index in [1.165, 1.54) is 18.2 Å². The van der Waals surface area contributed by atoms with Gasteiger partial charge in [0, 0.05) is 17.7 Å². The number of carboxylic acids is 1. The van der Waals surface area contributed by atoms with Crippen molar-refractivity contribution in [3.05, 3.63) is 68.7 Å². The molecule has 34 heavy (non-hydrogen) atoms. The molecule has 1 saturated heterocycles. The van der Waals surface area contributed by atoms with Gasteiger partial charge in [0.15, 0.2) is 0 Å². The largest absolute Gasteiger partial charge is 0.481 e. The summed E-state index contributed by atoms with van der Waals surface area (Å²) in [5.74, 6) is -6.66. The Hall–Kier alpha value is -2.74. The number of hydrogen-bond donors (Lipinski definition) is 2. The summed E-state index contributed by atoms with van der Waals surface area (Å²) in [6.45, 7) is 3.94. The SMILES string of the molecule is CCCCNC(=O)C1C(c2ccc(Cl)c(Cl)c2)OC2(C(=O)c3cccc(C)c3C2=O)C1C(=O)O. The zero-order chi connectivity index (χ0) is 24.8. The van der Waals surface area contributed by atoms with Gasteiger partial charge in [-0.05, 0) is 36.6 Å². The number of fused-ring (bicyclic) bond motifs is 1. The Balaban J connectivity index is 1.89. The first kappa shape index (κ1) is 24.4. The van der Waals surface area contributed by atoms with E-state index in [4.69, 9.17) is 27.9 Å². The molecule has 1 heterocycles. The monoisotopic (exact) mass is 503 g/mol. The van der Waals surface area contributed by atoms with Gasteiger partial charge in [-0.3, -0.25) is 19.2 Å². The minimum atomic E-state index is -2.36. The number of amides is 1. The van der Waals surface area contributed by atoms with Gasteiger partial charge in [-0.25, -0.2) is 0 Å². The van der Waals surface area contributed by atoms with Crippen molar-refractivity contribution in [3.63, 3.8) is 0 Å². The lowest BCUT2D eigenvalue weighted by Gasteiger charge is -2.25. The molecule has 9 heteroatoms. The molecule has 1 spiro atoms. The van der Waals surface area contributed by atoms with E-state index in [0.717, 1.165) is 6.42 Å². The summed E-state index contributed by atoms with van der Waals surface area (Å²) in [7, 11) is 0. The van der Waals surface area contributed by atoms with Gasteiger partial charge in [0.1, 0.15) is 5.92 Å². The molecule has 2 aromatic rings. The van der Waals surface area contributed by atoms with Gasteiger partial charge in [-0.15, -0.1) is 0 Å². The molecule has 2 aromatic carbocycles. The molecule has 1 aliphatic carbocycles. The fourth-order valence-electron chi connectivity index (χ4n) is 4.90. The van der Waals surface area contributed by atoms with Crippen LogP contribution in [0.3, 0.4) is 0 Å². The van der Waals surface area contributed by atoms with Crippen LogP contribution in [0, 0.1) is 18.8 Å². The lowest BCUT2D eigenvalue weighted by atomic mass is 9.75. The summed E-state index contributed by atoms with van der Waals surface area (Å²) in [5.41, 5.74) is -1.26. The predicted molar refractivity (Wildman–Crippen MR) is 125 cm³/mol. The van der Waals surface area contributed by atoms with Crippen molar-refractivity contribution in [1.82, 2.24) is 5.32 Å². The third kappa shape index (κ3) is 3.63. The number of unbranched alkanes of at least 4 members (excludes halogenated alkanes) is 1. The highest BCUT2D eigenvalue weighted by Gasteiger charge is 2.71. The molecular formula is C25H23Cl2NO6. The number of carboxylic acid groups (broad SMARTS) is 1. The molecule has 2 aliphatic rings. The Labute approximate surface area is 206 Å². The summed E-state index contributed by atoms with van der Waals surface area (Å²) in [6.07, 6.45) is 0.289. The van der Waals surface area contributed by atoms with E-state index in [0.29, 0.717) is 24.1 Å². The quantitative estimate of drug-likeness (QED) is 0.445. The maximum absolute atomic E-state index is 13.7. The number of ketones is 2. The molecule has 7 nitrogen and oxygen atoms in total. The molecule has 0 aromatic heterocycles. The summed E-state index contributed by atoms with van der Waals surface area (Å²) >= 11 is 12.2. The number of carbonyl (C=O) groups is 4. The van der Waals surface area contributed by atoms with Crippen LogP contribution in [-0.4, -0.2) is 40.7 Å². The number of aryl methyl sites for hydroxylation is 1. The topological polar surface area (TPSA) is 110 Å². The molecular weight excluding hydrogens is 481 g/mol. The minimum Gasteiger partial charge on any atom is -0.481 e. The standard InChI is InChI=1S/C25H23Cl2NO6/c1-3-4-10-28-23(31)18-19(24(32)33)25(34-20(18)13-8-9-15(26)16(27)11-13)21(29)14-7-5-6-12(2)17(14)22(25)30/h5-9,11,18-20H,3-4,10H2,1-2H3,(H,28,31)(H,32,33). The fourth-order valence-corrected chi connectivity index (χ4v) is 5.21. The van der Waals surface area contributed by atoms with Crippen LogP contribution < -0.4 is 5.32 Å². The molecule has 2 N–H and O–H groups in total. The smallest absolute Gasteiger partial charge is 0.311 e. The van der Waals surface area contributed by atoms with Gasteiger partial charge in [-0.2, -0.15) is 0 Å². The van der Waals surface area contributed by atoms with Crippen molar-refractivity contribution >= 4 is 46.6 Å². The summed E-state index contributed by atoms with van der Waals surface area (Å²) < 4.78 is 6.12. The van der Waals surface area contributed by atoms with E-state index in [1.807, 2.05) is 6.92 Å². The van der Waals surface area contributed by atoms with E-state index < -0.39 is 47.0 Å². The van der Waals surface area contributed by atoms with Crippen LogP contribution in [0.5, 0.6) is 0 Å².